The van der Waals surface area contributed by atoms with Gasteiger partial charge < -0.3 is 11.1 Å². The Hall–Kier alpha value is -2.37. The van der Waals surface area contributed by atoms with E-state index in [9.17, 15) is 0 Å². The second-order valence-corrected chi connectivity index (χ2v) is 3.79. The van der Waals surface area contributed by atoms with Gasteiger partial charge in [0.15, 0.2) is 5.96 Å². The van der Waals surface area contributed by atoms with Crippen molar-refractivity contribution in [2.75, 3.05) is 11.9 Å². The Morgan fingerprint density at radius 3 is 2.89 bits per heavy atom. The van der Waals surface area contributed by atoms with E-state index in [0.717, 1.165) is 24.4 Å². The van der Waals surface area contributed by atoms with Gasteiger partial charge in [-0.3, -0.25) is 10.1 Å². The first-order valence-electron chi connectivity index (χ1n) is 5.81. The predicted molar refractivity (Wildman–Crippen MR) is 71.3 cm³/mol. The van der Waals surface area contributed by atoms with Gasteiger partial charge >= 0.3 is 0 Å². The maximum atomic E-state index is 5.77. The van der Waals surface area contributed by atoms with Crippen LogP contribution in [0.3, 0.4) is 0 Å². The van der Waals surface area contributed by atoms with Crippen molar-refractivity contribution in [3.05, 3.63) is 42.5 Å². The molecule has 6 heteroatoms. The number of aromatic amines is 1. The van der Waals surface area contributed by atoms with Crippen LogP contribution in [0.5, 0.6) is 0 Å². The van der Waals surface area contributed by atoms with E-state index < -0.39 is 0 Å². The molecule has 0 aliphatic heterocycles. The lowest BCUT2D eigenvalue weighted by atomic mass is 10.3. The van der Waals surface area contributed by atoms with E-state index in [2.05, 4.69) is 25.5 Å². The van der Waals surface area contributed by atoms with Crippen LogP contribution < -0.4 is 11.1 Å². The molecule has 0 bridgehead atoms. The molecule has 0 unspecified atom stereocenters. The summed E-state index contributed by atoms with van der Waals surface area (Å²) in [4.78, 5) is 8.28. The molecule has 0 atom stereocenters. The van der Waals surface area contributed by atoms with Crippen LogP contribution in [0.25, 0.3) is 0 Å². The number of aromatic nitrogens is 3. The van der Waals surface area contributed by atoms with Crippen LogP contribution in [0.15, 0.2) is 41.7 Å². The third kappa shape index (κ3) is 3.89. The minimum absolute atomic E-state index is 0.429. The quantitative estimate of drug-likeness (QED) is 0.418. The monoisotopic (exact) mass is 244 g/mol. The van der Waals surface area contributed by atoms with Crippen molar-refractivity contribution in [3.63, 3.8) is 0 Å². The molecule has 4 N–H and O–H groups in total. The van der Waals surface area contributed by atoms with Gasteiger partial charge in [-0.15, -0.1) is 0 Å². The van der Waals surface area contributed by atoms with Crippen LogP contribution in [-0.4, -0.2) is 27.7 Å². The lowest BCUT2D eigenvalue weighted by Gasteiger charge is -2.04. The summed E-state index contributed by atoms with van der Waals surface area (Å²) >= 11 is 0. The van der Waals surface area contributed by atoms with E-state index >= 15 is 0 Å². The van der Waals surface area contributed by atoms with Crippen molar-refractivity contribution in [2.24, 2.45) is 10.7 Å². The van der Waals surface area contributed by atoms with Gasteiger partial charge in [0.05, 0.1) is 0 Å². The Labute approximate surface area is 105 Å². The van der Waals surface area contributed by atoms with Gasteiger partial charge in [-0.05, 0) is 18.6 Å². The molecule has 0 saturated heterocycles. The molecule has 0 spiro atoms. The Morgan fingerprint density at radius 1 is 1.33 bits per heavy atom. The summed E-state index contributed by atoms with van der Waals surface area (Å²) in [6.45, 7) is 0.659. The van der Waals surface area contributed by atoms with Gasteiger partial charge in [-0.25, -0.2) is 4.98 Å². The molecule has 0 fully saturated rings. The topological polar surface area (TPSA) is 92.0 Å². The van der Waals surface area contributed by atoms with Crippen LogP contribution in [-0.2, 0) is 6.42 Å². The summed E-state index contributed by atoms with van der Waals surface area (Å²) in [6.07, 6.45) is 3.21. The average Bonchev–Trinajstić information content (AvgIpc) is 2.89. The Morgan fingerprint density at radius 2 is 2.17 bits per heavy atom. The van der Waals surface area contributed by atoms with Crippen molar-refractivity contribution in [1.82, 2.24) is 15.2 Å². The highest BCUT2D eigenvalue weighted by molar-refractivity contribution is 5.92. The molecule has 1 heterocycles. The van der Waals surface area contributed by atoms with Gasteiger partial charge in [0.1, 0.15) is 12.2 Å². The molecule has 2 rings (SSSR count). The summed E-state index contributed by atoms with van der Waals surface area (Å²) in [5.41, 5.74) is 6.71. The van der Waals surface area contributed by atoms with E-state index in [1.165, 1.54) is 6.33 Å². The summed E-state index contributed by atoms with van der Waals surface area (Å²) in [5.74, 6) is 1.30. The van der Waals surface area contributed by atoms with Crippen LogP contribution in [0.1, 0.15) is 12.2 Å². The molecular weight excluding hydrogens is 228 g/mol. The number of hydrogen-bond donors (Lipinski definition) is 3. The number of para-hydroxylation sites is 1. The zero-order valence-corrected chi connectivity index (χ0v) is 10.0. The van der Waals surface area contributed by atoms with E-state index in [1.54, 1.807) is 0 Å². The minimum Gasteiger partial charge on any atom is -0.370 e. The third-order valence-electron chi connectivity index (χ3n) is 2.36. The number of nitrogens with one attached hydrogen (secondary N) is 2. The summed E-state index contributed by atoms with van der Waals surface area (Å²) in [6, 6.07) is 9.72. The lowest BCUT2D eigenvalue weighted by molar-refractivity contribution is 0.785. The molecule has 18 heavy (non-hydrogen) atoms. The molecule has 1 aromatic heterocycles. The minimum atomic E-state index is 0.429. The van der Waals surface area contributed by atoms with Crippen LogP contribution >= 0.6 is 0 Å². The molecule has 0 amide bonds. The number of rotatable bonds is 5. The second kappa shape index (κ2) is 6.39. The van der Waals surface area contributed by atoms with E-state index in [-0.39, 0.29) is 0 Å². The fourth-order valence-electron chi connectivity index (χ4n) is 1.51. The van der Waals surface area contributed by atoms with Crippen LogP contribution in [0, 0.1) is 0 Å². The molecule has 2 aromatic rings. The van der Waals surface area contributed by atoms with Gasteiger partial charge in [0.2, 0.25) is 0 Å². The molecule has 1 aromatic carbocycles. The Kier molecular flexibility index (Phi) is 4.29. The number of nitrogens with two attached hydrogens (primary N) is 1. The number of guanidine groups is 1. The fourth-order valence-corrected chi connectivity index (χ4v) is 1.51. The highest BCUT2D eigenvalue weighted by atomic mass is 15.2. The van der Waals surface area contributed by atoms with E-state index in [4.69, 9.17) is 5.73 Å². The van der Waals surface area contributed by atoms with Gasteiger partial charge in [0.25, 0.3) is 0 Å². The summed E-state index contributed by atoms with van der Waals surface area (Å²) < 4.78 is 0. The van der Waals surface area contributed by atoms with Gasteiger partial charge in [0, 0.05) is 18.7 Å². The highest BCUT2D eigenvalue weighted by Gasteiger charge is 1.96. The lowest BCUT2D eigenvalue weighted by Crippen LogP contribution is -2.22. The van der Waals surface area contributed by atoms with Gasteiger partial charge in [-0.1, -0.05) is 18.2 Å². The van der Waals surface area contributed by atoms with Crippen molar-refractivity contribution in [1.29, 1.82) is 0 Å². The zero-order valence-electron chi connectivity index (χ0n) is 10.0. The molecule has 0 saturated carbocycles. The molecule has 6 nitrogen and oxygen atoms in total. The first kappa shape index (κ1) is 12.1. The molecule has 0 aliphatic rings. The summed E-state index contributed by atoms with van der Waals surface area (Å²) in [5, 5.41) is 9.62. The van der Waals surface area contributed by atoms with Crippen LogP contribution in [0.2, 0.25) is 0 Å². The fraction of sp³-hybridized carbons (Fsp3) is 0.250. The van der Waals surface area contributed by atoms with Crippen molar-refractivity contribution >= 4 is 11.6 Å². The number of anilines is 1. The van der Waals surface area contributed by atoms with Crippen molar-refractivity contribution < 1.29 is 0 Å². The maximum absolute atomic E-state index is 5.77. The maximum Gasteiger partial charge on any atom is 0.193 e. The second-order valence-electron chi connectivity index (χ2n) is 3.79. The number of nitrogens with zero attached hydrogens (tertiary/aromatic N) is 3. The number of hydrogen-bond acceptors (Lipinski definition) is 3. The van der Waals surface area contributed by atoms with Gasteiger partial charge in [-0.2, -0.15) is 5.10 Å². The highest BCUT2D eigenvalue weighted by Crippen LogP contribution is 2.03. The van der Waals surface area contributed by atoms with E-state index in [1.807, 2.05) is 30.3 Å². The molecule has 94 valence electrons. The molecular formula is C12H16N6. The number of benzene rings is 1. The van der Waals surface area contributed by atoms with E-state index in [0.29, 0.717) is 12.5 Å². The molecule has 0 radical (unpaired) electrons. The third-order valence-corrected chi connectivity index (χ3v) is 2.36. The number of aryl methyl sites for hydroxylation is 1. The van der Waals surface area contributed by atoms with Crippen molar-refractivity contribution in [2.45, 2.75) is 12.8 Å². The Bertz CT molecular complexity index is 477. The Balaban J connectivity index is 1.72. The van der Waals surface area contributed by atoms with Crippen LogP contribution in [0.4, 0.5) is 5.69 Å². The predicted octanol–water partition coefficient (Wildman–Crippen LogP) is 1.16. The molecule has 0 aliphatic carbocycles. The first-order valence-corrected chi connectivity index (χ1v) is 5.81. The SMILES string of the molecule is NC(=NCCCc1ncn[nH]1)Nc1ccccc1. The standard InChI is InChI=1S/C12H16N6/c13-12(17-10-5-2-1-3-6-10)14-8-4-7-11-15-9-16-18-11/h1-3,5-6,9H,4,7-8H2,(H3,13,14,17)(H,15,16,18). The normalized spacial score (nSPS) is 11.4. The number of H-pyrrole nitrogens is 1. The number of aliphatic imine (C=N–C) groups is 1. The average molecular weight is 244 g/mol. The largest absolute Gasteiger partial charge is 0.370 e. The summed E-state index contributed by atoms with van der Waals surface area (Å²) in [7, 11) is 0. The first-order chi connectivity index (χ1) is 8.84. The zero-order chi connectivity index (χ0) is 12.6. The smallest absolute Gasteiger partial charge is 0.193 e. The van der Waals surface area contributed by atoms with Crippen molar-refractivity contribution in [3.8, 4) is 0 Å².